The molecule has 0 radical (unpaired) electrons. The van der Waals surface area contributed by atoms with E-state index >= 15 is 0 Å². The molecule has 3 aromatic heterocycles. The average Bonchev–Trinajstić information content (AvgIpc) is 3.31. The Morgan fingerprint density at radius 2 is 2.19 bits per heavy atom. The second kappa shape index (κ2) is 8.43. The van der Waals surface area contributed by atoms with Gasteiger partial charge in [-0.3, -0.25) is 9.59 Å². The van der Waals surface area contributed by atoms with Gasteiger partial charge in [-0.25, -0.2) is 4.98 Å². The van der Waals surface area contributed by atoms with Crippen LogP contribution in [-0.2, 0) is 21.9 Å². The van der Waals surface area contributed by atoms with Crippen molar-refractivity contribution in [2.75, 3.05) is 5.32 Å². The van der Waals surface area contributed by atoms with Crippen molar-refractivity contribution in [2.24, 2.45) is 5.73 Å². The Bertz CT molecular complexity index is 903. The quantitative estimate of drug-likeness (QED) is 0.554. The van der Waals surface area contributed by atoms with Crippen LogP contribution in [-0.4, -0.2) is 31.6 Å². The minimum atomic E-state index is -0.369. The Kier molecular flexibility index (Phi) is 6.01. The van der Waals surface area contributed by atoms with Crippen LogP contribution in [0.1, 0.15) is 19.0 Å². The number of carbonyl (C=O) groups excluding carboxylic acids is 2. The van der Waals surface area contributed by atoms with Crippen molar-refractivity contribution >= 4 is 51.4 Å². The van der Waals surface area contributed by atoms with Crippen LogP contribution in [0.5, 0.6) is 0 Å². The molecule has 0 atom stereocenters. The molecule has 136 valence electrons. The van der Waals surface area contributed by atoms with Crippen LogP contribution >= 0.6 is 34.4 Å². The Morgan fingerprint density at radius 3 is 2.88 bits per heavy atom. The Labute approximate surface area is 161 Å². The summed E-state index contributed by atoms with van der Waals surface area (Å²) in [6.07, 6.45) is 0.216. The number of nitrogens with two attached hydrogens (primary N) is 1. The number of thiazole rings is 1. The van der Waals surface area contributed by atoms with E-state index in [1.54, 1.807) is 11.3 Å². The highest BCUT2D eigenvalue weighted by Crippen LogP contribution is 2.29. The van der Waals surface area contributed by atoms with Gasteiger partial charge in [-0.15, -0.1) is 32.9 Å². The lowest BCUT2D eigenvalue weighted by atomic mass is 10.4. The van der Waals surface area contributed by atoms with Gasteiger partial charge in [0.1, 0.15) is 0 Å². The van der Waals surface area contributed by atoms with Gasteiger partial charge in [-0.1, -0.05) is 17.8 Å². The first-order valence-electron chi connectivity index (χ1n) is 7.63. The maximum absolute atomic E-state index is 11.2. The van der Waals surface area contributed by atoms with E-state index in [-0.39, 0.29) is 18.2 Å². The van der Waals surface area contributed by atoms with Crippen LogP contribution in [0.4, 0.5) is 5.13 Å². The summed E-state index contributed by atoms with van der Waals surface area (Å²) in [5.74, 6) is 0.785. The number of primary amides is 1. The molecule has 3 rings (SSSR count). The lowest BCUT2D eigenvalue weighted by molar-refractivity contribution is -0.118. The van der Waals surface area contributed by atoms with Gasteiger partial charge in [0.2, 0.25) is 11.8 Å². The van der Waals surface area contributed by atoms with E-state index in [4.69, 9.17) is 5.73 Å². The molecule has 11 heteroatoms. The number of thioether (sulfide) groups is 1. The van der Waals surface area contributed by atoms with E-state index in [1.165, 1.54) is 30.0 Å². The zero-order chi connectivity index (χ0) is 18.5. The number of hydrogen-bond donors (Lipinski definition) is 2. The van der Waals surface area contributed by atoms with Crippen molar-refractivity contribution in [1.82, 2.24) is 19.7 Å². The Morgan fingerprint density at radius 1 is 1.35 bits per heavy atom. The average molecular weight is 409 g/mol. The lowest BCUT2D eigenvalue weighted by Crippen LogP contribution is -2.14. The number of thiophene rings is 1. The molecule has 8 nitrogen and oxygen atoms in total. The molecule has 3 N–H and O–H groups in total. The summed E-state index contributed by atoms with van der Waals surface area (Å²) in [6.45, 7) is 1.87. The fourth-order valence-corrected chi connectivity index (χ4v) is 4.56. The van der Waals surface area contributed by atoms with Gasteiger partial charge in [-0.2, -0.15) is 0 Å². The van der Waals surface area contributed by atoms with Gasteiger partial charge in [-0.05, 0) is 11.4 Å². The second-order valence-corrected chi connectivity index (χ2v) is 8.01. The summed E-state index contributed by atoms with van der Waals surface area (Å²) in [4.78, 5) is 27.6. The normalized spacial score (nSPS) is 10.8. The third kappa shape index (κ3) is 4.68. The number of hydrogen-bond acceptors (Lipinski definition) is 8. The first kappa shape index (κ1) is 18.5. The predicted octanol–water partition coefficient (Wildman–Crippen LogP) is 2.59. The highest BCUT2D eigenvalue weighted by Gasteiger charge is 2.16. The van der Waals surface area contributed by atoms with Gasteiger partial charge in [0.25, 0.3) is 0 Å². The van der Waals surface area contributed by atoms with Crippen molar-refractivity contribution < 1.29 is 9.59 Å². The number of amides is 2. The Balaban J connectivity index is 1.75. The molecule has 0 spiro atoms. The largest absolute Gasteiger partial charge is 0.370 e. The van der Waals surface area contributed by atoms with E-state index in [1.807, 2.05) is 27.5 Å². The molecule has 0 fully saturated rings. The summed E-state index contributed by atoms with van der Waals surface area (Å²) >= 11 is 4.41. The van der Waals surface area contributed by atoms with E-state index in [0.29, 0.717) is 22.6 Å². The fraction of sp³-hybridized carbons (Fsp3) is 0.267. The predicted molar refractivity (Wildman–Crippen MR) is 103 cm³/mol. The first-order valence-corrected chi connectivity index (χ1v) is 10.4. The van der Waals surface area contributed by atoms with Crippen molar-refractivity contribution in [1.29, 1.82) is 0 Å². The topological polar surface area (TPSA) is 116 Å². The molecule has 0 aliphatic heterocycles. The molecular formula is C15H16N6O2S3. The van der Waals surface area contributed by atoms with Crippen LogP contribution in [0.15, 0.2) is 28.0 Å². The molecule has 3 aromatic rings. The number of rotatable bonds is 8. The molecule has 0 aliphatic rings. The maximum Gasteiger partial charge on any atom is 0.223 e. The molecule has 3 heterocycles. The lowest BCUT2D eigenvalue weighted by Gasteiger charge is -2.07. The van der Waals surface area contributed by atoms with Crippen LogP contribution < -0.4 is 11.1 Å². The number of nitrogens with zero attached hydrogens (tertiary/aromatic N) is 4. The standard InChI is InChI=1S/C15H16N6O2S3/c1-9(22)17-14-18-10(7-25-14)8-26-15-20-19-13(11-3-2-6-24-11)21(15)5-4-12(16)23/h2-3,6-7H,4-5,8H2,1H3,(H2,16,23)(H,17,18,22). The summed E-state index contributed by atoms with van der Waals surface area (Å²) in [6, 6.07) is 3.91. The van der Waals surface area contributed by atoms with Crippen molar-refractivity contribution in [3.8, 4) is 10.7 Å². The highest BCUT2D eigenvalue weighted by atomic mass is 32.2. The monoisotopic (exact) mass is 408 g/mol. The minimum Gasteiger partial charge on any atom is -0.370 e. The molecule has 0 aromatic carbocycles. The zero-order valence-electron chi connectivity index (χ0n) is 13.8. The highest BCUT2D eigenvalue weighted by molar-refractivity contribution is 7.98. The first-order chi connectivity index (χ1) is 12.5. The second-order valence-electron chi connectivity index (χ2n) is 5.27. The van der Waals surface area contributed by atoms with Crippen molar-refractivity contribution in [3.63, 3.8) is 0 Å². The van der Waals surface area contributed by atoms with Crippen LogP contribution in [0.3, 0.4) is 0 Å². The van der Waals surface area contributed by atoms with Gasteiger partial charge >= 0.3 is 0 Å². The van der Waals surface area contributed by atoms with Gasteiger partial charge in [0.05, 0.1) is 10.6 Å². The molecular weight excluding hydrogens is 392 g/mol. The number of nitrogens with one attached hydrogen (secondary N) is 1. The molecule has 0 unspecified atom stereocenters. The Hall–Kier alpha value is -2.24. The summed E-state index contributed by atoms with van der Waals surface area (Å²) in [7, 11) is 0. The van der Waals surface area contributed by atoms with Crippen LogP contribution in [0.2, 0.25) is 0 Å². The summed E-state index contributed by atoms with van der Waals surface area (Å²) < 4.78 is 1.91. The number of carbonyl (C=O) groups is 2. The summed E-state index contributed by atoms with van der Waals surface area (Å²) in [5, 5.41) is 16.3. The van der Waals surface area contributed by atoms with E-state index < -0.39 is 0 Å². The molecule has 26 heavy (non-hydrogen) atoms. The van der Waals surface area contributed by atoms with E-state index in [9.17, 15) is 9.59 Å². The van der Waals surface area contributed by atoms with Gasteiger partial charge in [0.15, 0.2) is 16.1 Å². The molecule has 0 saturated heterocycles. The fourth-order valence-electron chi connectivity index (χ4n) is 2.13. The molecule has 0 bridgehead atoms. The van der Waals surface area contributed by atoms with Crippen LogP contribution in [0, 0.1) is 0 Å². The van der Waals surface area contributed by atoms with E-state index in [0.717, 1.165) is 16.4 Å². The van der Waals surface area contributed by atoms with E-state index in [2.05, 4.69) is 20.5 Å². The molecule has 0 saturated carbocycles. The zero-order valence-corrected chi connectivity index (χ0v) is 16.3. The van der Waals surface area contributed by atoms with Crippen molar-refractivity contribution in [2.45, 2.75) is 30.8 Å². The van der Waals surface area contributed by atoms with Gasteiger partial charge < -0.3 is 15.6 Å². The third-order valence-corrected chi connectivity index (χ3v) is 5.90. The minimum absolute atomic E-state index is 0.148. The van der Waals surface area contributed by atoms with Crippen molar-refractivity contribution in [3.05, 3.63) is 28.6 Å². The van der Waals surface area contributed by atoms with Gasteiger partial charge in [0, 0.05) is 31.0 Å². The van der Waals surface area contributed by atoms with Crippen LogP contribution in [0.25, 0.3) is 10.7 Å². The summed E-state index contributed by atoms with van der Waals surface area (Å²) in [5.41, 5.74) is 6.13. The maximum atomic E-state index is 11.2. The molecule has 2 amide bonds. The smallest absolute Gasteiger partial charge is 0.223 e. The number of anilines is 1. The molecule has 0 aliphatic carbocycles. The third-order valence-electron chi connectivity index (χ3n) is 3.22. The number of aromatic nitrogens is 4. The SMILES string of the molecule is CC(=O)Nc1nc(CSc2nnc(-c3cccs3)n2CCC(N)=O)cs1.